The number of aryl methyl sites for hydroxylation is 1. The largest absolute Gasteiger partial charge is 0.491 e. The van der Waals surface area contributed by atoms with Crippen molar-refractivity contribution in [3.05, 3.63) is 29.3 Å². The molecule has 3 rings (SSSR count). The predicted octanol–water partition coefficient (Wildman–Crippen LogP) is 4.05. The molecule has 2 unspecified atom stereocenters. The standard InChI is InChI=1S/C24H37NO5/c1-18-15-19(29-17-20-7-5-6-13-27-20)8-9-21(18)22-16-25(12-14-28-22)11-10-23(26)30-24(2,3)4/h8-9,15,20,22H,5-7,10-14,16-17H2,1-4H3. The fraction of sp³-hybridized carbons (Fsp3) is 0.708. The summed E-state index contributed by atoms with van der Waals surface area (Å²) in [6, 6.07) is 6.21. The summed E-state index contributed by atoms with van der Waals surface area (Å²) < 4.78 is 23.2. The third-order valence-corrected chi connectivity index (χ3v) is 5.50. The molecule has 2 heterocycles. The van der Waals surface area contributed by atoms with Crippen LogP contribution in [0.15, 0.2) is 18.2 Å². The van der Waals surface area contributed by atoms with Crippen LogP contribution in [0.25, 0.3) is 0 Å². The zero-order valence-electron chi connectivity index (χ0n) is 18.9. The molecule has 0 N–H and O–H groups in total. The lowest BCUT2D eigenvalue weighted by molar-refractivity contribution is -0.155. The van der Waals surface area contributed by atoms with E-state index in [2.05, 4.69) is 24.0 Å². The van der Waals surface area contributed by atoms with Crippen molar-refractivity contribution in [2.24, 2.45) is 0 Å². The minimum atomic E-state index is -0.436. The Balaban J connectivity index is 1.50. The molecule has 0 bridgehead atoms. The summed E-state index contributed by atoms with van der Waals surface area (Å²) >= 11 is 0. The van der Waals surface area contributed by atoms with Gasteiger partial charge in [-0.3, -0.25) is 9.69 Å². The summed E-state index contributed by atoms with van der Waals surface area (Å²) in [5.74, 6) is 0.730. The van der Waals surface area contributed by atoms with E-state index in [4.69, 9.17) is 18.9 Å². The molecule has 0 aliphatic carbocycles. The molecule has 168 valence electrons. The normalized spacial score (nSPS) is 23.2. The molecule has 0 aromatic heterocycles. The second kappa shape index (κ2) is 10.6. The number of hydrogen-bond donors (Lipinski definition) is 0. The number of esters is 1. The Morgan fingerprint density at radius 1 is 1.20 bits per heavy atom. The average molecular weight is 420 g/mol. The highest BCUT2D eigenvalue weighted by Gasteiger charge is 2.25. The van der Waals surface area contributed by atoms with Crippen molar-refractivity contribution in [1.29, 1.82) is 0 Å². The van der Waals surface area contributed by atoms with Gasteiger partial charge in [0.1, 0.15) is 18.0 Å². The minimum absolute atomic E-state index is 0.00751. The van der Waals surface area contributed by atoms with Crippen molar-refractivity contribution in [3.8, 4) is 5.75 Å². The number of ether oxygens (including phenoxy) is 4. The molecule has 30 heavy (non-hydrogen) atoms. The summed E-state index contributed by atoms with van der Waals surface area (Å²) in [5.41, 5.74) is 1.91. The van der Waals surface area contributed by atoms with Gasteiger partial charge in [-0.2, -0.15) is 0 Å². The number of morpholine rings is 1. The van der Waals surface area contributed by atoms with E-state index in [0.717, 1.165) is 43.9 Å². The molecule has 0 amide bonds. The molecule has 2 aliphatic heterocycles. The van der Waals surface area contributed by atoms with Crippen LogP contribution in [0.4, 0.5) is 0 Å². The van der Waals surface area contributed by atoms with Gasteiger partial charge in [0.15, 0.2) is 0 Å². The Bertz CT molecular complexity index is 693. The lowest BCUT2D eigenvalue weighted by Crippen LogP contribution is -2.40. The van der Waals surface area contributed by atoms with Gasteiger partial charge < -0.3 is 18.9 Å². The van der Waals surface area contributed by atoms with E-state index < -0.39 is 5.60 Å². The molecule has 2 saturated heterocycles. The summed E-state index contributed by atoms with van der Waals surface area (Å²) in [5, 5.41) is 0. The van der Waals surface area contributed by atoms with Crippen LogP contribution in [0, 0.1) is 6.92 Å². The number of carbonyl (C=O) groups is 1. The maximum atomic E-state index is 12.0. The fourth-order valence-corrected chi connectivity index (χ4v) is 3.96. The lowest BCUT2D eigenvalue weighted by atomic mass is 10.0. The van der Waals surface area contributed by atoms with Crippen LogP contribution < -0.4 is 4.74 Å². The first-order valence-corrected chi connectivity index (χ1v) is 11.2. The summed E-state index contributed by atoms with van der Waals surface area (Å²) in [7, 11) is 0. The second-order valence-electron chi connectivity index (χ2n) is 9.31. The number of carbonyl (C=O) groups excluding carboxylic acids is 1. The zero-order valence-corrected chi connectivity index (χ0v) is 18.9. The first-order chi connectivity index (χ1) is 14.3. The van der Waals surface area contributed by atoms with E-state index >= 15 is 0 Å². The molecule has 2 fully saturated rings. The minimum Gasteiger partial charge on any atom is -0.491 e. The van der Waals surface area contributed by atoms with Gasteiger partial charge in [-0.05, 0) is 70.2 Å². The number of benzene rings is 1. The van der Waals surface area contributed by atoms with Gasteiger partial charge >= 0.3 is 5.97 Å². The van der Waals surface area contributed by atoms with Crippen LogP contribution in [0.3, 0.4) is 0 Å². The molecular weight excluding hydrogens is 382 g/mol. The topological polar surface area (TPSA) is 57.2 Å². The molecule has 0 radical (unpaired) electrons. The van der Waals surface area contributed by atoms with Gasteiger partial charge in [-0.25, -0.2) is 0 Å². The SMILES string of the molecule is Cc1cc(OCC2CCCCO2)ccc1C1CN(CCC(=O)OC(C)(C)C)CCO1. The summed E-state index contributed by atoms with van der Waals surface area (Å²) in [6.07, 6.45) is 4.06. The van der Waals surface area contributed by atoms with E-state index in [0.29, 0.717) is 26.2 Å². The van der Waals surface area contributed by atoms with Crippen LogP contribution >= 0.6 is 0 Å². The Kier molecular flexibility index (Phi) is 8.14. The second-order valence-corrected chi connectivity index (χ2v) is 9.31. The quantitative estimate of drug-likeness (QED) is 0.622. The van der Waals surface area contributed by atoms with Crippen LogP contribution in [0.1, 0.15) is 63.7 Å². The molecule has 1 aromatic rings. The van der Waals surface area contributed by atoms with Crippen LogP contribution in [0.2, 0.25) is 0 Å². The highest BCUT2D eigenvalue weighted by Crippen LogP contribution is 2.28. The maximum absolute atomic E-state index is 12.0. The molecular formula is C24H37NO5. The van der Waals surface area contributed by atoms with E-state index in [1.54, 1.807) is 0 Å². The molecule has 2 aliphatic rings. The van der Waals surface area contributed by atoms with Crippen molar-refractivity contribution in [2.75, 3.05) is 39.5 Å². The first kappa shape index (κ1) is 23.0. The molecule has 0 saturated carbocycles. The van der Waals surface area contributed by atoms with Gasteiger partial charge in [-0.1, -0.05) is 6.07 Å². The van der Waals surface area contributed by atoms with Crippen molar-refractivity contribution in [2.45, 2.75) is 71.2 Å². The summed E-state index contributed by atoms with van der Waals surface area (Å²) in [6.45, 7) is 12.2. The van der Waals surface area contributed by atoms with E-state index in [1.807, 2.05) is 26.8 Å². The van der Waals surface area contributed by atoms with Crippen molar-refractivity contribution < 1.29 is 23.7 Å². The molecule has 2 atom stereocenters. The van der Waals surface area contributed by atoms with Gasteiger partial charge in [0.2, 0.25) is 0 Å². The third-order valence-electron chi connectivity index (χ3n) is 5.50. The van der Waals surface area contributed by atoms with Crippen LogP contribution in [0.5, 0.6) is 5.75 Å². The average Bonchev–Trinajstić information content (AvgIpc) is 2.70. The third kappa shape index (κ3) is 7.25. The monoisotopic (exact) mass is 419 g/mol. The molecule has 0 spiro atoms. The predicted molar refractivity (Wildman–Crippen MR) is 116 cm³/mol. The molecule has 6 nitrogen and oxygen atoms in total. The number of nitrogens with zero attached hydrogens (tertiary/aromatic N) is 1. The summed E-state index contributed by atoms with van der Waals surface area (Å²) in [4.78, 5) is 14.3. The van der Waals surface area contributed by atoms with Gasteiger partial charge in [0.05, 0.1) is 25.2 Å². The van der Waals surface area contributed by atoms with Crippen molar-refractivity contribution in [1.82, 2.24) is 4.90 Å². The van der Waals surface area contributed by atoms with E-state index in [-0.39, 0.29) is 18.2 Å². The van der Waals surface area contributed by atoms with Crippen LogP contribution in [-0.2, 0) is 19.0 Å². The van der Waals surface area contributed by atoms with Gasteiger partial charge in [0, 0.05) is 26.2 Å². The number of hydrogen-bond acceptors (Lipinski definition) is 6. The maximum Gasteiger partial charge on any atom is 0.307 e. The Hall–Kier alpha value is -1.63. The number of rotatable bonds is 7. The lowest BCUT2D eigenvalue weighted by Gasteiger charge is -2.34. The van der Waals surface area contributed by atoms with Gasteiger partial charge in [-0.15, -0.1) is 0 Å². The van der Waals surface area contributed by atoms with Crippen molar-refractivity contribution in [3.63, 3.8) is 0 Å². The highest BCUT2D eigenvalue weighted by atomic mass is 16.6. The molecule has 6 heteroatoms. The van der Waals surface area contributed by atoms with Crippen LogP contribution in [-0.4, -0.2) is 62.0 Å². The van der Waals surface area contributed by atoms with E-state index in [1.165, 1.54) is 12.0 Å². The smallest absolute Gasteiger partial charge is 0.307 e. The Labute approximate surface area is 180 Å². The van der Waals surface area contributed by atoms with E-state index in [9.17, 15) is 4.79 Å². The highest BCUT2D eigenvalue weighted by molar-refractivity contribution is 5.70. The zero-order chi connectivity index (χ0) is 21.6. The van der Waals surface area contributed by atoms with Crippen molar-refractivity contribution >= 4 is 5.97 Å². The van der Waals surface area contributed by atoms with Gasteiger partial charge in [0.25, 0.3) is 0 Å². The fourth-order valence-electron chi connectivity index (χ4n) is 3.96. The Morgan fingerprint density at radius 2 is 2.03 bits per heavy atom. The Morgan fingerprint density at radius 3 is 2.73 bits per heavy atom. The molecule has 1 aromatic carbocycles. The first-order valence-electron chi connectivity index (χ1n) is 11.2.